The number of carbonyl (C=O) groups is 1. The molecule has 3 rings (SSSR count). The zero-order valence-electron chi connectivity index (χ0n) is 25.1. The number of rotatable bonds is 8. The van der Waals surface area contributed by atoms with Crippen LogP contribution in [-0.2, 0) is 13.6 Å². The summed E-state index contributed by atoms with van der Waals surface area (Å²) in [7, 11) is -4.12. The van der Waals surface area contributed by atoms with Gasteiger partial charge in [0.05, 0.1) is 12.7 Å². The van der Waals surface area contributed by atoms with E-state index >= 15 is 0 Å². The fraction of sp³-hybridized carbons (Fsp3) is 0.607. The molecule has 0 radical (unpaired) electrons. The van der Waals surface area contributed by atoms with Gasteiger partial charge in [-0.1, -0.05) is 59.7 Å². The van der Waals surface area contributed by atoms with E-state index in [1.807, 2.05) is 18.2 Å². The number of carbonyl (C=O) groups excluding carboxylic acids is 1. The summed E-state index contributed by atoms with van der Waals surface area (Å²) in [4.78, 5) is 29.4. The molecule has 0 saturated carbocycles. The Kier molecular flexibility index (Phi) is 9.33. The second-order valence-electron chi connectivity index (χ2n) is 13.3. The van der Waals surface area contributed by atoms with Gasteiger partial charge in [0.1, 0.15) is 18.1 Å². The number of urea groups is 1. The number of anilines is 2. The van der Waals surface area contributed by atoms with Crippen molar-refractivity contribution >= 4 is 34.2 Å². The van der Waals surface area contributed by atoms with Crippen LogP contribution in [0.3, 0.4) is 0 Å². The SMILES string of the molecule is CC(C)(C)[Si](C)(C)OC[C@H]1O[C@@H](n2ccc(NC(=O)Nc3ccccc3)nc2=O)C[C@@H]1O[Si](C)(C)C(C)(C)C. The Labute approximate surface area is 234 Å². The maximum Gasteiger partial charge on any atom is 0.351 e. The van der Waals surface area contributed by atoms with Gasteiger partial charge in [0.25, 0.3) is 0 Å². The Morgan fingerprint density at radius 3 is 2.18 bits per heavy atom. The molecule has 1 aromatic carbocycles. The van der Waals surface area contributed by atoms with E-state index in [1.165, 1.54) is 4.57 Å². The number of ether oxygens (including phenoxy) is 1. The van der Waals surface area contributed by atoms with E-state index in [0.29, 0.717) is 18.7 Å². The van der Waals surface area contributed by atoms with Crippen LogP contribution in [0, 0.1) is 0 Å². The Bertz CT molecular complexity index is 1190. The van der Waals surface area contributed by atoms with Crippen molar-refractivity contribution in [1.29, 1.82) is 0 Å². The molecule has 39 heavy (non-hydrogen) atoms. The van der Waals surface area contributed by atoms with Crippen molar-refractivity contribution in [2.24, 2.45) is 0 Å². The van der Waals surface area contributed by atoms with E-state index in [1.54, 1.807) is 24.4 Å². The minimum atomic E-state index is -2.11. The third-order valence-electron chi connectivity index (χ3n) is 8.26. The highest BCUT2D eigenvalue weighted by molar-refractivity contribution is 6.74. The van der Waals surface area contributed by atoms with E-state index in [2.05, 4.69) is 83.3 Å². The van der Waals surface area contributed by atoms with Gasteiger partial charge < -0.3 is 18.9 Å². The van der Waals surface area contributed by atoms with Crippen molar-refractivity contribution < 1.29 is 18.4 Å². The Morgan fingerprint density at radius 2 is 1.62 bits per heavy atom. The zero-order valence-corrected chi connectivity index (χ0v) is 27.1. The third-order valence-corrected chi connectivity index (χ3v) is 17.3. The first-order valence-electron chi connectivity index (χ1n) is 13.6. The minimum absolute atomic E-state index is 0.0297. The molecule has 2 heterocycles. The van der Waals surface area contributed by atoms with Crippen LogP contribution in [0.25, 0.3) is 0 Å². The molecule has 1 saturated heterocycles. The molecule has 2 amide bonds. The average Bonchev–Trinajstić information content (AvgIpc) is 3.18. The lowest BCUT2D eigenvalue weighted by Gasteiger charge is -2.40. The molecule has 9 nitrogen and oxygen atoms in total. The molecule has 1 fully saturated rings. The fourth-order valence-electron chi connectivity index (χ4n) is 3.71. The molecule has 2 aromatic rings. The molecule has 1 aliphatic heterocycles. The molecular weight excluding hydrogens is 529 g/mol. The van der Waals surface area contributed by atoms with Crippen LogP contribution in [0.4, 0.5) is 16.3 Å². The summed E-state index contributed by atoms with van der Waals surface area (Å²) in [5, 5.41) is 5.43. The second-order valence-corrected chi connectivity index (χ2v) is 22.9. The van der Waals surface area contributed by atoms with E-state index < -0.39 is 34.6 Å². The van der Waals surface area contributed by atoms with E-state index in [9.17, 15) is 9.59 Å². The average molecular weight is 575 g/mol. The Hall–Kier alpha value is -2.32. The highest BCUT2D eigenvalue weighted by Gasteiger charge is 2.46. The summed E-state index contributed by atoms with van der Waals surface area (Å²) in [5.41, 5.74) is 0.135. The molecule has 0 spiro atoms. The monoisotopic (exact) mass is 574 g/mol. The second kappa shape index (κ2) is 11.7. The number of nitrogens with zero attached hydrogens (tertiary/aromatic N) is 2. The summed E-state index contributed by atoms with van der Waals surface area (Å²) >= 11 is 0. The lowest BCUT2D eigenvalue weighted by Crippen LogP contribution is -2.48. The first-order valence-corrected chi connectivity index (χ1v) is 19.4. The zero-order chi connectivity index (χ0) is 29.2. The van der Waals surface area contributed by atoms with Crippen LogP contribution in [-0.4, -0.2) is 51.0 Å². The highest BCUT2D eigenvalue weighted by atomic mass is 28.4. The molecule has 11 heteroatoms. The number of nitrogens with one attached hydrogen (secondary N) is 2. The minimum Gasteiger partial charge on any atom is -0.414 e. The normalized spacial score (nSPS) is 20.6. The number of benzene rings is 1. The smallest absolute Gasteiger partial charge is 0.351 e. The van der Waals surface area contributed by atoms with Crippen molar-refractivity contribution in [3.05, 3.63) is 53.1 Å². The number of aromatic nitrogens is 2. The van der Waals surface area contributed by atoms with Crippen LogP contribution in [0.2, 0.25) is 36.3 Å². The summed E-state index contributed by atoms with van der Waals surface area (Å²) < 4.78 is 21.2. The standard InChI is InChI=1S/C28H46N4O5Si2/c1-27(2,3)38(7,8)35-19-22-21(37-39(9,10)28(4,5)6)18-24(36-22)32-17-16-23(31-26(32)34)30-25(33)29-20-14-12-11-13-15-20/h11-17,21-22,24H,18-19H2,1-10H3,(H2,29,30,31,33,34)/t21-,22+,24+/m0/s1. The van der Waals surface area contributed by atoms with Crippen molar-refractivity contribution in [3.63, 3.8) is 0 Å². The summed E-state index contributed by atoms with van der Waals surface area (Å²) in [6.45, 7) is 22.6. The number of hydrogen-bond donors (Lipinski definition) is 2. The van der Waals surface area contributed by atoms with Crippen molar-refractivity contribution in [2.45, 2.75) is 103 Å². The third kappa shape index (κ3) is 7.88. The maximum atomic E-state index is 13.0. The molecule has 3 atom stereocenters. The predicted octanol–water partition coefficient (Wildman–Crippen LogP) is 6.59. The van der Waals surface area contributed by atoms with Crippen LogP contribution in [0.1, 0.15) is 54.2 Å². The predicted molar refractivity (Wildman–Crippen MR) is 161 cm³/mol. The van der Waals surface area contributed by atoms with Gasteiger partial charge in [-0.3, -0.25) is 9.88 Å². The van der Waals surface area contributed by atoms with E-state index in [4.69, 9.17) is 13.6 Å². The van der Waals surface area contributed by atoms with Gasteiger partial charge in [-0.25, -0.2) is 9.59 Å². The van der Waals surface area contributed by atoms with Gasteiger partial charge in [0.15, 0.2) is 16.6 Å². The molecule has 0 bridgehead atoms. The van der Waals surface area contributed by atoms with Crippen LogP contribution in [0.15, 0.2) is 47.4 Å². The van der Waals surface area contributed by atoms with Gasteiger partial charge in [-0.15, -0.1) is 0 Å². The molecule has 1 aliphatic rings. The van der Waals surface area contributed by atoms with Gasteiger partial charge >= 0.3 is 11.7 Å². The fourth-order valence-corrected chi connectivity index (χ4v) is 6.08. The van der Waals surface area contributed by atoms with E-state index in [0.717, 1.165) is 0 Å². The highest BCUT2D eigenvalue weighted by Crippen LogP contribution is 2.42. The largest absolute Gasteiger partial charge is 0.414 e. The van der Waals surface area contributed by atoms with Gasteiger partial charge in [0.2, 0.25) is 0 Å². The lowest BCUT2D eigenvalue weighted by atomic mass is 10.2. The van der Waals surface area contributed by atoms with Crippen LogP contribution < -0.4 is 16.3 Å². The van der Waals surface area contributed by atoms with Crippen LogP contribution in [0.5, 0.6) is 0 Å². The quantitative estimate of drug-likeness (QED) is 0.345. The topological polar surface area (TPSA) is 104 Å². The summed E-state index contributed by atoms with van der Waals surface area (Å²) in [6.07, 6.45) is 1.07. The Morgan fingerprint density at radius 1 is 1.00 bits per heavy atom. The van der Waals surface area contributed by atoms with Crippen LogP contribution >= 0.6 is 0 Å². The van der Waals surface area contributed by atoms with Crippen molar-refractivity contribution in [2.75, 3.05) is 17.2 Å². The molecule has 1 aromatic heterocycles. The van der Waals surface area contributed by atoms with Gasteiger partial charge in [0, 0.05) is 18.3 Å². The number of hydrogen-bond acceptors (Lipinski definition) is 6. The summed E-state index contributed by atoms with van der Waals surface area (Å²) in [6, 6.07) is 10.2. The lowest BCUT2D eigenvalue weighted by molar-refractivity contribution is -0.0411. The van der Waals surface area contributed by atoms with Gasteiger partial charge in [-0.05, 0) is 54.5 Å². The van der Waals surface area contributed by atoms with Gasteiger partial charge in [-0.2, -0.15) is 4.98 Å². The summed E-state index contributed by atoms with van der Waals surface area (Å²) in [5.74, 6) is 0.162. The maximum absolute atomic E-state index is 13.0. The van der Waals surface area contributed by atoms with E-state index in [-0.39, 0.29) is 28.1 Å². The van der Waals surface area contributed by atoms with Crippen molar-refractivity contribution in [1.82, 2.24) is 9.55 Å². The molecule has 216 valence electrons. The first kappa shape index (κ1) is 31.2. The number of amides is 2. The molecular formula is C28H46N4O5Si2. The number of para-hydroxylation sites is 1. The molecule has 0 aliphatic carbocycles. The Balaban J connectivity index is 1.76. The first-order chi connectivity index (χ1) is 17.9. The molecule has 2 N–H and O–H groups in total. The van der Waals surface area contributed by atoms with Crippen molar-refractivity contribution in [3.8, 4) is 0 Å². The molecule has 0 unspecified atom stereocenters.